The van der Waals surface area contributed by atoms with Gasteiger partial charge in [-0.2, -0.15) is 0 Å². The number of piperazine rings is 1. The highest BCUT2D eigenvalue weighted by molar-refractivity contribution is 5.68. The monoisotopic (exact) mass is 347 g/mol. The van der Waals surface area contributed by atoms with E-state index in [-0.39, 0.29) is 6.09 Å². The Bertz CT molecular complexity index is 587. The number of carbonyl (C=O) groups is 2. The molecule has 7 nitrogen and oxygen atoms in total. The second-order valence-corrected chi connectivity index (χ2v) is 6.71. The van der Waals surface area contributed by atoms with E-state index in [0.717, 1.165) is 38.2 Å². The number of likely N-dealkylation sites (tertiary alicyclic amines) is 1. The van der Waals surface area contributed by atoms with E-state index < -0.39 is 6.09 Å². The Hall–Kier alpha value is -2.28. The maximum atomic E-state index is 12.2. The molecule has 0 aromatic heterocycles. The van der Waals surface area contributed by atoms with Crippen LogP contribution in [0.15, 0.2) is 30.3 Å². The fraction of sp³-hybridized carbons (Fsp3) is 0.556. The van der Waals surface area contributed by atoms with Crippen molar-refractivity contribution in [2.75, 3.05) is 45.8 Å². The summed E-state index contributed by atoms with van der Waals surface area (Å²) < 4.78 is 5.39. The predicted molar refractivity (Wildman–Crippen MR) is 92.3 cm³/mol. The van der Waals surface area contributed by atoms with Gasteiger partial charge in [-0.25, -0.2) is 9.59 Å². The van der Waals surface area contributed by atoms with Gasteiger partial charge in [0.2, 0.25) is 0 Å². The Balaban J connectivity index is 1.38. The zero-order valence-corrected chi connectivity index (χ0v) is 14.3. The largest absolute Gasteiger partial charge is 0.465 e. The highest BCUT2D eigenvalue weighted by Gasteiger charge is 2.30. The molecule has 1 aromatic rings. The smallest absolute Gasteiger partial charge is 0.410 e. The number of hydrogen-bond donors (Lipinski definition) is 1. The molecule has 1 N–H and O–H groups in total. The first-order chi connectivity index (χ1) is 12.1. The van der Waals surface area contributed by atoms with E-state index >= 15 is 0 Å². The fourth-order valence-electron chi connectivity index (χ4n) is 3.44. The SMILES string of the molecule is O=C(O)N1CCN(CC2CCN(C(=O)OCc3ccccc3)C2)CC1. The molecule has 2 saturated heterocycles. The van der Waals surface area contributed by atoms with Crippen molar-refractivity contribution in [3.8, 4) is 0 Å². The average Bonchev–Trinajstić information content (AvgIpc) is 3.09. The van der Waals surface area contributed by atoms with Crippen LogP contribution in [0.25, 0.3) is 0 Å². The van der Waals surface area contributed by atoms with Gasteiger partial charge in [0.15, 0.2) is 0 Å². The molecule has 136 valence electrons. The standard InChI is InChI=1S/C18H25N3O4/c22-17(23)20-10-8-19(9-11-20)12-16-6-7-21(13-16)18(24)25-14-15-4-2-1-3-5-15/h1-5,16H,6-14H2,(H,22,23). The van der Waals surface area contributed by atoms with Gasteiger partial charge in [-0.1, -0.05) is 30.3 Å². The molecule has 25 heavy (non-hydrogen) atoms. The number of benzene rings is 1. The number of hydrogen-bond acceptors (Lipinski definition) is 4. The van der Waals surface area contributed by atoms with Crippen molar-refractivity contribution in [3.05, 3.63) is 35.9 Å². The summed E-state index contributed by atoms with van der Waals surface area (Å²) in [5, 5.41) is 8.99. The lowest BCUT2D eigenvalue weighted by molar-refractivity contribution is 0.0928. The minimum absolute atomic E-state index is 0.248. The molecule has 0 saturated carbocycles. The molecule has 2 fully saturated rings. The van der Waals surface area contributed by atoms with Gasteiger partial charge >= 0.3 is 12.2 Å². The third-order valence-corrected chi connectivity index (χ3v) is 4.91. The molecule has 1 unspecified atom stereocenters. The molecule has 3 rings (SSSR count). The van der Waals surface area contributed by atoms with Crippen molar-refractivity contribution in [2.45, 2.75) is 13.0 Å². The molecule has 1 atom stereocenters. The first-order valence-electron chi connectivity index (χ1n) is 8.77. The molecule has 2 amide bonds. The quantitative estimate of drug-likeness (QED) is 0.901. The van der Waals surface area contributed by atoms with E-state index in [1.807, 2.05) is 30.3 Å². The molecular weight excluding hydrogens is 322 g/mol. The molecule has 0 spiro atoms. The molecule has 0 bridgehead atoms. The van der Waals surface area contributed by atoms with Crippen LogP contribution in [0.2, 0.25) is 0 Å². The van der Waals surface area contributed by atoms with Crippen LogP contribution in [-0.2, 0) is 11.3 Å². The van der Waals surface area contributed by atoms with Gasteiger partial charge in [0.05, 0.1) is 0 Å². The summed E-state index contributed by atoms with van der Waals surface area (Å²) >= 11 is 0. The zero-order chi connectivity index (χ0) is 17.6. The Kier molecular flexibility index (Phi) is 5.75. The van der Waals surface area contributed by atoms with Crippen LogP contribution in [0.5, 0.6) is 0 Å². The fourth-order valence-corrected chi connectivity index (χ4v) is 3.44. The van der Waals surface area contributed by atoms with Gasteiger partial charge in [0.25, 0.3) is 0 Å². The van der Waals surface area contributed by atoms with E-state index in [2.05, 4.69) is 4.90 Å². The topological polar surface area (TPSA) is 73.3 Å². The summed E-state index contributed by atoms with van der Waals surface area (Å²) in [6.45, 7) is 5.31. The maximum Gasteiger partial charge on any atom is 0.410 e. The van der Waals surface area contributed by atoms with Crippen LogP contribution >= 0.6 is 0 Å². The van der Waals surface area contributed by atoms with Crippen LogP contribution in [0.1, 0.15) is 12.0 Å². The van der Waals surface area contributed by atoms with Gasteiger partial charge < -0.3 is 19.6 Å². The third-order valence-electron chi connectivity index (χ3n) is 4.91. The molecule has 2 aliphatic rings. The van der Waals surface area contributed by atoms with Gasteiger partial charge in [-0.15, -0.1) is 0 Å². The summed E-state index contributed by atoms with van der Waals surface area (Å²) in [6.07, 6.45) is -0.116. The third kappa shape index (κ3) is 4.85. The minimum atomic E-state index is -0.840. The summed E-state index contributed by atoms with van der Waals surface area (Å²) in [7, 11) is 0. The van der Waals surface area contributed by atoms with E-state index in [9.17, 15) is 9.59 Å². The molecule has 0 radical (unpaired) electrons. The Labute approximate surface area is 147 Å². The number of ether oxygens (including phenoxy) is 1. The molecule has 1 aromatic carbocycles. The lowest BCUT2D eigenvalue weighted by Crippen LogP contribution is -2.49. The first-order valence-corrected chi connectivity index (χ1v) is 8.77. The van der Waals surface area contributed by atoms with E-state index in [4.69, 9.17) is 9.84 Å². The lowest BCUT2D eigenvalue weighted by atomic mass is 10.1. The highest BCUT2D eigenvalue weighted by Crippen LogP contribution is 2.19. The average molecular weight is 347 g/mol. The molecule has 2 heterocycles. The number of nitrogens with zero attached hydrogens (tertiary/aromatic N) is 3. The first kappa shape index (κ1) is 17.5. The van der Waals surface area contributed by atoms with Crippen molar-refractivity contribution >= 4 is 12.2 Å². The van der Waals surface area contributed by atoms with Gasteiger partial charge in [-0.05, 0) is 17.9 Å². The minimum Gasteiger partial charge on any atom is -0.465 e. The van der Waals surface area contributed by atoms with Gasteiger partial charge in [0, 0.05) is 45.8 Å². The van der Waals surface area contributed by atoms with Crippen molar-refractivity contribution in [1.82, 2.24) is 14.7 Å². The molecule has 2 aliphatic heterocycles. The van der Waals surface area contributed by atoms with Crippen LogP contribution in [0.4, 0.5) is 9.59 Å². The lowest BCUT2D eigenvalue weighted by Gasteiger charge is -2.34. The number of carboxylic acid groups (broad SMARTS) is 1. The summed E-state index contributed by atoms with van der Waals surface area (Å²) in [5.41, 5.74) is 0.989. The summed E-state index contributed by atoms with van der Waals surface area (Å²) in [5.74, 6) is 0.431. The molecule has 7 heteroatoms. The summed E-state index contributed by atoms with van der Waals surface area (Å²) in [4.78, 5) is 28.7. The van der Waals surface area contributed by atoms with E-state index in [1.54, 1.807) is 4.90 Å². The van der Waals surface area contributed by atoms with Crippen molar-refractivity contribution < 1.29 is 19.4 Å². The van der Waals surface area contributed by atoms with Crippen LogP contribution < -0.4 is 0 Å². The number of carbonyl (C=O) groups excluding carboxylic acids is 1. The second kappa shape index (κ2) is 8.20. The normalized spacial score (nSPS) is 21.4. The Morgan fingerprint density at radius 2 is 1.76 bits per heavy atom. The second-order valence-electron chi connectivity index (χ2n) is 6.71. The van der Waals surface area contributed by atoms with Crippen molar-refractivity contribution in [3.63, 3.8) is 0 Å². The number of amides is 2. The molecular formula is C18H25N3O4. The van der Waals surface area contributed by atoms with Gasteiger partial charge in [0.1, 0.15) is 6.61 Å². The number of rotatable bonds is 4. The zero-order valence-electron chi connectivity index (χ0n) is 14.3. The summed E-state index contributed by atoms with van der Waals surface area (Å²) in [6, 6.07) is 9.68. The van der Waals surface area contributed by atoms with Crippen LogP contribution in [-0.4, -0.2) is 77.8 Å². The Morgan fingerprint density at radius 1 is 1.04 bits per heavy atom. The maximum absolute atomic E-state index is 12.2. The van der Waals surface area contributed by atoms with E-state index in [0.29, 0.717) is 32.2 Å². The predicted octanol–water partition coefficient (Wildman–Crippen LogP) is 1.94. The van der Waals surface area contributed by atoms with Crippen molar-refractivity contribution in [1.29, 1.82) is 0 Å². The Morgan fingerprint density at radius 3 is 2.44 bits per heavy atom. The van der Waals surface area contributed by atoms with Crippen LogP contribution in [0, 0.1) is 5.92 Å². The van der Waals surface area contributed by atoms with Gasteiger partial charge in [-0.3, -0.25) is 4.90 Å². The highest BCUT2D eigenvalue weighted by atomic mass is 16.6. The van der Waals surface area contributed by atoms with Crippen LogP contribution in [0.3, 0.4) is 0 Å². The molecule has 0 aliphatic carbocycles. The van der Waals surface area contributed by atoms with Crippen molar-refractivity contribution in [2.24, 2.45) is 5.92 Å². The van der Waals surface area contributed by atoms with E-state index in [1.165, 1.54) is 4.90 Å².